The maximum Gasteiger partial charge on any atom is 0.409 e. The van der Waals surface area contributed by atoms with E-state index in [9.17, 15) is 79.9 Å². The van der Waals surface area contributed by atoms with Gasteiger partial charge in [-0.1, -0.05) is 24.3 Å². The summed E-state index contributed by atoms with van der Waals surface area (Å²) in [5.74, 6) is -8.20. The molecule has 3 fully saturated rings. The highest BCUT2D eigenvalue weighted by atomic mass is 32.1. The number of hydrogen-bond acceptors (Lipinski definition) is 13. The van der Waals surface area contributed by atoms with Gasteiger partial charge in [0.25, 0.3) is 11.8 Å². The summed E-state index contributed by atoms with van der Waals surface area (Å²) in [5, 5.41) is 10.1. The molecule has 4 aliphatic heterocycles. The first-order chi connectivity index (χ1) is 41.2. The SMILES string of the molecule is COC(=O)N1CCC2=CC[C@@H](C(=O)N[C@@H](CCC(N)=O)C(=O)N[C@@H](Cc3ccc(F)c(F)c3)C(=O)N3CCC(CCCc4ccc5c(c4)n(C)c(=O)n5C4CCC(=O)NC4=O)CC3)N2C(=O)[C@@H](NC(=O)c2cc3cc(C(F)(F)P(=O)(O)O)ccc3s2)C1. The van der Waals surface area contributed by atoms with Gasteiger partial charge in [0.2, 0.25) is 35.4 Å². The maximum atomic E-state index is 14.7. The van der Waals surface area contributed by atoms with Crippen LogP contribution < -0.4 is 32.7 Å². The molecule has 6 heterocycles. The summed E-state index contributed by atoms with van der Waals surface area (Å²) in [6.07, 6.45) is 3.06. The van der Waals surface area contributed by atoms with Crippen LogP contribution in [-0.2, 0) is 68.4 Å². The molecule has 0 aliphatic carbocycles. The van der Waals surface area contributed by atoms with Crippen molar-refractivity contribution in [2.45, 2.75) is 113 Å². The van der Waals surface area contributed by atoms with Crippen LogP contribution in [0.15, 0.2) is 77.2 Å². The van der Waals surface area contributed by atoms with E-state index in [0.717, 1.165) is 77.0 Å². The lowest BCUT2D eigenvalue weighted by Gasteiger charge is -2.37. The highest BCUT2D eigenvalue weighted by Gasteiger charge is 2.51. The van der Waals surface area contributed by atoms with Crippen molar-refractivity contribution in [3.63, 3.8) is 0 Å². The van der Waals surface area contributed by atoms with Gasteiger partial charge in [-0.3, -0.25) is 57.4 Å². The number of halogens is 4. The molecule has 9 amide bonds. The molecule has 24 nitrogen and oxygen atoms in total. The molecule has 0 spiro atoms. The number of primary amides is 1. The Morgan fingerprint density at radius 1 is 0.874 bits per heavy atom. The van der Waals surface area contributed by atoms with Gasteiger partial charge in [0.15, 0.2) is 11.6 Å². The van der Waals surface area contributed by atoms with Gasteiger partial charge in [-0.2, -0.15) is 8.78 Å². The van der Waals surface area contributed by atoms with Gasteiger partial charge in [0.05, 0.1) is 29.6 Å². The number of likely N-dealkylation sites (tertiary alicyclic amines) is 1. The minimum atomic E-state index is -5.94. The van der Waals surface area contributed by atoms with Gasteiger partial charge in [-0.05, 0) is 116 Å². The first-order valence-corrected chi connectivity index (χ1v) is 30.4. The molecule has 8 N–H and O–H groups in total. The van der Waals surface area contributed by atoms with Gasteiger partial charge in [-0.25, -0.2) is 18.4 Å². The molecule has 30 heteroatoms. The van der Waals surface area contributed by atoms with Crippen molar-refractivity contribution in [3.8, 4) is 0 Å². The lowest BCUT2D eigenvalue weighted by molar-refractivity contribution is -0.141. The Balaban J connectivity index is 0.870. The number of hydrogen-bond donors (Lipinski definition) is 7. The summed E-state index contributed by atoms with van der Waals surface area (Å²) in [7, 11) is -3.22. The van der Waals surface area contributed by atoms with Crippen LogP contribution in [0, 0.1) is 17.6 Å². The van der Waals surface area contributed by atoms with Gasteiger partial charge in [0, 0.05) is 68.3 Å². The number of aryl methyl sites for hydroxylation is 2. The van der Waals surface area contributed by atoms with Gasteiger partial charge in [0.1, 0.15) is 30.2 Å². The number of aromatic nitrogens is 2. The van der Waals surface area contributed by atoms with Crippen LogP contribution in [0.2, 0.25) is 0 Å². The number of thiophene rings is 1. The number of rotatable bonds is 19. The Kier molecular flexibility index (Phi) is 18.9. The fraction of sp³-hybridized carbons (Fsp3) is 0.439. The van der Waals surface area contributed by atoms with Crippen molar-refractivity contribution in [2.24, 2.45) is 18.7 Å². The van der Waals surface area contributed by atoms with E-state index < -0.39 is 127 Å². The predicted molar refractivity (Wildman–Crippen MR) is 304 cm³/mol. The number of amides is 9. The lowest BCUT2D eigenvalue weighted by atomic mass is 9.90. The van der Waals surface area contributed by atoms with E-state index in [-0.39, 0.29) is 95.5 Å². The third-order valence-corrected chi connectivity index (χ3v) is 18.4. The van der Waals surface area contributed by atoms with Crippen LogP contribution in [0.1, 0.15) is 96.6 Å². The third kappa shape index (κ3) is 13.8. The summed E-state index contributed by atoms with van der Waals surface area (Å²) in [6, 6.07) is 5.74. The second kappa shape index (κ2) is 26.0. The molecule has 5 atom stereocenters. The molecule has 9 rings (SSSR count). The van der Waals surface area contributed by atoms with Gasteiger partial charge < -0.3 is 50.9 Å². The smallest absolute Gasteiger partial charge is 0.409 e. The molecule has 0 radical (unpaired) electrons. The van der Waals surface area contributed by atoms with Crippen LogP contribution >= 0.6 is 18.9 Å². The monoisotopic (exact) mass is 1250 g/mol. The number of methoxy groups -OCH3 is 1. The van der Waals surface area contributed by atoms with E-state index in [2.05, 4.69) is 21.3 Å². The molecule has 4 aliphatic rings. The van der Waals surface area contributed by atoms with Crippen LogP contribution in [-0.4, -0.2) is 144 Å². The second-order valence-electron chi connectivity index (χ2n) is 22.0. The Morgan fingerprint density at radius 2 is 1.61 bits per heavy atom. The number of benzene rings is 3. The Morgan fingerprint density at radius 3 is 2.30 bits per heavy atom. The van der Waals surface area contributed by atoms with E-state index in [1.165, 1.54) is 21.3 Å². The average Bonchev–Trinajstić information content (AvgIpc) is 1.72. The summed E-state index contributed by atoms with van der Waals surface area (Å²) in [6.45, 7) is -0.0205. The predicted octanol–water partition coefficient (Wildman–Crippen LogP) is 3.83. The number of ether oxygens (including phenoxy) is 1. The van der Waals surface area contributed by atoms with E-state index in [0.29, 0.717) is 30.3 Å². The van der Waals surface area contributed by atoms with Crippen LogP contribution in [0.5, 0.6) is 0 Å². The first-order valence-electron chi connectivity index (χ1n) is 28.0. The number of nitrogens with zero attached hydrogens (tertiary/aromatic N) is 5. The van der Waals surface area contributed by atoms with Crippen LogP contribution in [0.3, 0.4) is 0 Å². The standard InChI is InChI=1S/C57H63F4N10O14PS/c1-67-44-26-31(7-12-41(44)71(55(67)80)43-14-17-48(73)66-51(43)76)5-3-4-30-18-21-68(22-19-30)53(78)39(25-32-6-10-36(58)37(59)24-32)64-49(74)38(11-16-47(62)72)63-50(75)42-13-9-35-20-23-69(56(81)85-2)29-40(54(79)70(35)42)65-52(77)46-28-33-27-34(8-15-45(33)87-46)57(60,61)86(82,83)84/h6-10,12,15,24,26-28,30,38-40,42-43H,3-5,11,13-14,16-23,25,29H2,1-2H3,(H2,62,72)(H,63,75)(H,64,74)(H,65,77)(H,66,73,76)(H2,82,83,84)/t38-,39-,40-,42-,43?/m0/s1. The number of piperidine rings is 2. The largest absolute Gasteiger partial charge is 0.453 e. The van der Waals surface area contributed by atoms with E-state index in [4.69, 9.17) is 10.5 Å². The fourth-order valence-corrected chi connectivity index (χ4v) is 13.0. The zero-order valence-corrected chi connectivity index (χ0v) is 48.8. The van der Waals surface area contributed by atoms with Crippen molar-refractivity contribution < 1.29 is 79.8 Å². The molecular weight excluding hydrogens is 1190 g/mol. The minimum Gasteiger partial charge on any atom is -0.453 e. The van der Waals surface area contributed by atoms with Crippen molar-refractivity contribution in [1.82, 2.24) is 45.1 Å². The van der Waals surface area contributed by atoms with Crippen LogP contribution in [0.4, 0.5) is 22.4 Å². The van der Waals surface area contributed by atoms with Crippen LogP contribution in [0.25, 0.3) is 21.1 Å². The van der Waals surface area contributed by atoms with Gasteiger partial charge in [-0.15, -0.1) is 11.3 Å². The van der Waals surface area contributed by atoms with Crippen molar-refractivity contribution in [1.29, 1.82) is 0 Å². The lowest BCUT2D eigenvalue weighted by Crippen LogP contribution is -2.60. The number of imidazole rings is 1. The molecule has 87 heavy (non-hydrogen) atoms. The van der Waals surface area contributed by atoms with Crippen molar-refractivity contribution in [3.05, 3.63) is 116 Å². The van der Waals surface area contributed by atoms with E-state index in [1.807, 2.05) is 12.1 Å². The molecule has 3 saturated heterocycles. The van der Waals surface area contributed by atoms with Crippen molar-refractivity contribution >= 4 is 93.4 Å². The summed E-state index contributed by atoms with van der Waals surface area (Å²) >= 11 is 0.802. The van der Waals surface area contributed by atoms with E-state index in [1.54, 1.807) is 24.1 Å². The highest BCUT2D eigenvalue weighted by molar-refractivity contribution is 7.52. The maximum absolute atomic E-state index is 14.7. The third-order valence-electron chi connectivity index (χ3n) is 16.3. The molecule has 464 valence electrons. The minimum absolute atomic E-state index is 0.00701. The normalized spacial score (nSPS) is 19.4. The Hall–Kier alpha value is -8.27. The number of fused-ring (bicyclic) bond motifs is 3. The highest BCUT2D eigenvalue weighted by Crippen LogP contribution is 2.59. The number of imide groups is 1. The quantitative estimate of drug-likeness (QED) is 0.0351. The number of carbonyl (C=O) groups is 9. The topological polar surface area (TPSA) is 331 Å². The number of alkyl halides is 2. The number of nitrogens with one attached hydrogen (secondary N) is 4. The zero-order chi connectivity index (χ0) is 62.8. The van der Waals surface area contributed by atoms with Crippen molar-refractivity contribution in [2.75, 3.05) is 33.3 Å². The fourth-order valence-electron chi connectivity index (χ4n) is 11.6. The summed E-state index contributed by atoms with van der Waals surface area (Å²) < 4.78 is 77.7. The molecule has 0 saturated carbocycles. The zero-order valence-electron chi connectivity index (χ0n) is 47.1. The molecular formula is C57H63F4N10O14PS. The summed E-state index contributed by atoms with van der Waals surface area (Å²) in [4.78, 5) is 157. The molecule has 0 bridgehead atoms. The second-order valence-corrected chi connectivity index (χ2v) is 24.8. The Labute approximate surface area is 497 Å². The summed E-state index contributed by atoms with van der Waals surface area (Å²) in [5.41, 5.74) is 2.13. The number of nitrogens with two attached hydrogens (primary N) is 1. The molecule has 5 aromatic rings. The Bertz CT molecular complexity index is 3750. The molecule has 3 aromatic carbocycles. The average molecular weight is 1250 g/mol. The van der Waals surface area contributed by atoms with E-state index >= 15 is 0 Å². The number of carbonyl (C=O) groups excluding carboxylic acids is 9. The van der Waals surface area contributed by atoms with Gasteiger partial charge >= 0.3 is 25.0 Å². The molecule has 1 unspecified atom stereocenters. The first kappa shape index (κ1) is 63.2. The molecule has 2 aromatic heterocycles.